The first-order valence-corrected chi connectivity index (χ1v) is 5.67. The summed E-state index contributed by atoms with van der Waals surface area (Å²) in [4.78, 5) is 0. The molecule has 0 saturated heterocycles. The van der Waals surface area contributed by atoms with Crippen molar-refractivity contribution in [2.45, 2.75) is 39.0 Å². The highest BCUT2D eigenvalue weighted by Gasteiger charge is 2.21. The van der Waals surface area contributed by atoms with Crippen molar-refractivity contribution in [1.82, 2.24) is 0 Å². The second-order valence-electron chi connectivity index (χ2n) is 3.78. The molecule has 1 aromatic carbocycles. The molecule has 72 valence electrons. The minimum Gasteiger partial charge on any atom is -0.0645 e. The highest BCUT2D eigenvalue weighted by molar-refractivity contribution is 9.10. The highest BCUT2D eigenvalue weighted by atomic mass is 79.9. The molecule has 0 N–H and O–H groups in total. The maximum Gasteiger partial charge on any atom is 0.0178 e. The molecule has 0 amide bonds. The molecule has 0 atom stereocenters. The standard InChI is InChI=1S/C12H17Br/c1-4-12(3,5-2)10-7-6-8-11(13)9-10/h6-9H,4-5H2,1-3H3. The summed E-state index contributed by atoms with van der Waals surface area (Å²) in [6, 6.07) is 8.64. The molecule has 1 heteroatoms. The van der Waals surface area contributed by atoms with Gasteiger partial charge in [0.1, 0.15) is 0 Å². The zero-order valence-corrected chi connectivity index (χ0v) is 10.2. The van der Waals surface area contributed by atoms with Crippen LogP contribution in [0.2, 0.25) is 0 Å². The van der Waals surface area contributed by atoms with E-state index in [-0.39, 0.29) is 0 Å². The maximum atomic E-state index is 3.51. The van der Waals surface area contributed by atoms with Gasteiger partial charge >= 0.3 is 0 Å². The van der Waals surface area contributed by atoms with Crippen molar-refractivity contribution >= 4 is 15.9 Å². The molecular formula is C12H17Br. The van der Waals surface area contributed by atoms with Crippen LogP contribution in [0.4, 0.5) is 0 Å². The van der Waals surface area contributed by atoms with Crippen molar-refractivity contribution in [3.63, 3.8) is 0 Å². The first-order chi connectivity index (χ1) is 6.12. The molecule has 0 saturated carbocycles. The van der Waals surface area contributed by atoms with Crippen LogP contribution in [0.1, 0.15) is 39.2 Å². The molecule has 0 fully saturated rings. The van der Waals surface area contributed by atoms with E-state index in [1.54, 1.807) is 0 Å². The van der Waals surface area contributed by atoms with E-state index >= 15 is 0 Å². The van der Waals surface area contributed by atoms with Gasteiger partial charge in [0.05, 0.1) is 0 Å². The number of hydrogen-bond acceptors (Lipinski definition) is 0. The lowest BCUT2D eigenvalue weighted by atomic mass is 9.78. The van der Waals surface area contributed by atoms with Gasteiger partial charge in [-0.2, -0.15) is 0 Å². The summed E-state index contributed by atoms with van der Waals surface area (Å²) in [5.41, 5.74) is 1.77. The zero-order valence-electron chi connectivity index (χ0n) is 8.60. The van der Waals surface area contributed by atoms with Gasteiger partial charge in [-0.15, -0.1) is 0 Å². The van der Waals surface area contributed by atoms with Gasteiger partial charge in [-0.05, 0) is 36.0 Å². The van der Waals surface area contributed by atoms with E-state index in [9.17, 15) is 0 Å². The molecule has 0 bridgehead atoms. The molecule has 0 aliphatic heterocycles. The minimum absolute atomic E-state index is 0.337. The SMILES string of the molecule is CCC(C)(CC)c1cccc(Br)c1. The van der Waals surface area contributed by atoms with Crippen molar-refractivity contribution in [3.8, 4) is 0 Å². The lowest BCUT2D eigenvalue weighted by molar-refractivity contribution is 0.439. The Morgan fingerprint density at radius 3 is 2.31 bits per heavy atom. The zero-order chi connectivity index (χ0) is 9.90. The van der Waals surface area contributed by atoms with Crippen LogP contribution in [-0.2, 0) is 5.41 Å². The summed E-state index contributed by atoms with van der Waals surface area (Å²) in [6.07, 6.45) is 2.39. The van der Waals surface area contributed by atoms with E-state index in [0.717, 1.165) is 0 Å². The molecule has 0 radical (unpaired) electrons. The summed E-state index contributed by atoms with van der Waals surface area (Å²) in [6.45, 7) is 6.84. The van der Waals surface area contributed by atoms with Crippen molar-refractivity contribution in [3.05, 3.63) is 34.3 Å². The first-order valence-electron chi connectivity index (χ1n) is 4.88. The van der Waals surface area contributed by atoms with Crippen molar-refractivity contribution in [1.29, 1.82) is 0 Å². The molecule has 13 heavy (non-hydrogen) atoms. The van der Waals surface area contributed by atoms with Crippen molar-refractivity contribution < 1.29 is 0 Å². The van der Waals surface area contributed by atoms with Gasteiger partial charge in [-0.3, -0.25) is 0 Å². The lowest BCUT2D eigenvalue weighted by Gasteiger charge is -2.27. The number of hydrogen-bond donors (Lipinski definition) is 0. The largest absolute Gasteiger partial charge is 0.0645 e. The predicted molar refractivity (Wildman–Crippen MR) is 62.1 cm³/mol. The van der Waals surface area contributed by atoms with Gasteiger partial charge in [-0.25, -0.2) is 0 Å². The van der Waals surface area contributed by atoms with Gasteiger partial charge < -0.3 is 0 Å². The third kappa shape index (κ3) is 2.34. The monoisotopic (exact) mass is 240 g/mol. The van der Waals surface area contributed by atoms with Crippen LogP contribution in [0, 0.1) is 0 Å². The molecule has 0 unspecified atom stereocenters. The molecular weight excluding hydrogens is 224 g/mol. The second-order valence-corrected chi connectivity index (χ2v) is 4.69. The fourth-order valence-electron chi connectivity index (χ4n) is 1.52. The van der Waals surface area contributed by atoms with Crippen LogP contribution in [0.3, 0.4) is 0 Å². The normalized spacial score (nSPS) is 11.7. The van der Waals surface area contributed by atoms with E-state index in [0.29, 0.717) is 5.41 Å². The Hall–Kier alpha value is -0.300. The van der Waals surface area contributed by atoms with E-state index in [2.05, 4.69) is 61.0 Å². The van der Waals surface area contributed by atoms with Crippen LogP contribution in [0.5, 0.6) is 0 Å². The summed E-state index contributed by atoms with van der Waals surface area (Å²) in [5, 5.41) is 0. The molecule has 0 nitrogen and oxygen atoms in total. The fourth-order valence-corrected chi connectivity index (χ4v) is 1.92. The molecule has 0 heterocycles. The van der Waals surface area contributed by atoms with E-state index in [1.807, 2.05) is 0 Å². The summed E-state index contributed by atoms with van der Waals surface area (Å²) in [7, 11) is 0. The number of rotatable bonds is 3. The van der Waals surface area contributed by atoms with E-state index in [1.165, 1.54) is 22.9 Å². The third-order valence-corrected chi connectivity index (χ3v) is 3.58. The van der Waals surface area contributed by atoms with Crippen LogP contribution >= 0.6 is 15.9 Å². The summed E-state index contributed by atoms with van der Waals surface area (Å²) >= 11 is 3.51. The van der Waals surface area contributed by atoms with Gasteiger partial charge in [0, 0.05) is 4.47 Å². The quantitative estimate of drug-likeness (QED) is 0.729. The van der Waals surface area contributed by atoms with E-state index < -0.39 is 0 Å². The first kappa shape index (κ1) is 10.8. The van der Waals surface area contributed by atoms with Crippen LogP contribution in [-0.4, -0.2) is 0 Å². The Labute approximate surface area is 89.5 Å². The van der Waals surface area contributed by atoms with Gasteiger partial charge in [-0.1, -0.05) is 48.8 Å². The number of halogens is 1. The topological polar surface area (TPSA) is 0 Å². The van der Waals surface area contributed by atoms with Crippen LogP contribution < -0.4 is 0 Å². The van der Waals surface area contributed by atoms with E-state index in [4.69, 9.17) is 0 Å². The maximum absolute atomic E-state index is 3.51. The summed E-state index contributed by atoms with van der Waals surface area (Å²) in [5.74, 6) is 0. The second kappa shape index (κ2) is 4.28. The number of benzene rings is 1. The molecule has 0 aliphatic carbocycles. The average molecular weight is 241 g/mol. The Balaban J connectivity index is 3.05. The molecule has 0 spiro atoms. The molecule has 0 aromatic heterocycles. The van der Waals surface area contributed by atoms with Crippen molar-refractivity contribution in [2.24, 2.45) is 0 Å². The van der Waals surface area contributed by atoms with Crippen molar-refractivity contribution in [2.75, 3.05) is 0 Å². The third-order valence-electron chi connectivity index (χ3n) is 3.08. The smallest absolute Gasteiger partial charge is 0.0178 e. The lowest BCUT2D eigenvalue weighted by Crippen LogP contribution is -2.19. The van der Waals surface area contributed by atoms with Gasteiger partial charge in [0.25, 0.3) is 0 Å². The Morgan fingerprint density at radius 1 is 1.23 bits per heavy atom. The molecule has 1 aromatic rings. The Bertz CT molecular complexity index is 274. The Kier molecular flexibility index (Phi) is 3.55. The minimum atomic E-state index is 0.337. The predicted octanol–water partition coefficient (Wildman–Crippen LogP) is 4.53. The molecule has 1 rings (SSSR count). The molecule has 0 aliphatic rings. The average Bonchev–Trinajstić information content (AvgIpc) is 2.17. The Morgan fingerprint density at radius 2 is 1.85 bits per heavy atom. The fraction of sp³-hybridized carbons (Fsp3) is 0.500. The highest BCUT2D eigenvalue weighted by Crippen LogP contribution is 2.32. The van der Waals surface area contributed by atoms with Gasteiger partial charge in [0.15, 0.2) is 0 Å². The van der Waals surface area contributed by atoms with Crippen LogP contribution in [0.25, 0.3) is 0 Å². The van der Waals surface area contributed by atoms with Gasteiger partial charge in [0.2, 0.25) is 0 Å². The summed E-state index contributed by atoms with van der Waals surface area (Å²) < 4.78 is 1.18. The van der Waals surface area contributed by atoms with Crippen LogP contribution in [0.15, 0.2) is 28.7 Å².